The minimum absolute atomic E-state index is 0.109. The standard InChI is InChI=1S/C22H24N2O3S/c1-4-26-18-11-9-17(10-12-18)21-23-19(15-28-21)22(25)24(3)13-14-27-20-8-6-5-7-16(20)2/h5-12,15H,4,13-14H2,1-3H3. The minimum atomic E-state index is -0.109. The smallest absolute Gasteiger partial charge is 0.273 e. The average molecular weight is 397 g/mol. The third-order valence-electron chi connectivity index (χ3n) is 4.26. The predicted molar refractivity (Wildman–Crippen MR) is 112 cm³/mol. The van der Waals surface area contributed by atoms with Crippen LogP contribution in [-0.4, -0.2) is 42.6 Å². The summed E-state index contributed by atoms with van der Waals surface area (Å²) in [6.07, 6.45) is 0. The quantitative estimate of drug-likeness (QED) is 0.555. The molecule has 0 atom stereocenters. The number of likely N-dealkylation sites (N-methyl/N-ethyl adjacent to an activating group) is 1. The largest absolute Gasteiger partial charge is 0.494 e. The van der Waals surface area contributed by atoms with Crippen LogP contribution in [0.2, 0.25) is 0 Å². The van der Waals surface area contributed by atoms with Gasteiger partial charge in [0.2, 0.25) is 0 Å². The molecule has 2 aromatic carbocycles. The Morgan fingerprint density at radius 3 is 2.57 bits per heavy atom. The second kappa shape index (κ2) is 9.37. The highest BCUT2D eigenvalue weighted by Gasteiger charge is 2.16. The molecule has 0 aliphatic rings. The number of carbonyl (C=O) groups excluding carboxylic acids is 1. The van der Waals surface area contributed by atoms with Crippen LogP contribution < -0.4 is 9.47 Å². The minimum Gasteiger partial charge on any atom is -0.494 e. The van der Waals surface area contributed by atoms with Gasteiger partial charge in [-0.05, 0) is 49.7 Å². The van der Waals surface area contributed by atoms with Gasteiger partial charge in [-0.3, -0.25) is 4.79 Å². The lowest BCUT2D eigenvalue weighted by Crippen LogP contribution is -2.31. The van der Waals surface area contributed by atoms with Crippen molar-refractivity contribution in [2.45, 2.75) is 13.8 Å². The van der Waals surface area contributed by atoms with Gasteiger partial charge in [-0.2, -0.15) is 0 Å². The molecule has 0 aliphatic heterocycles. The molecule has 1 amide bonds. The third kappa shape index (κ3) is 4.89. The number of hydrogen-bond acceptors (Lipinski definition) is 5. The molecule has 1 heterocycles. The Morgan fingerprint density at radius 2 is 1.86 bits per heavy atom. The molecule has 0 spiro atoms. The van der Waals surface area contributed by atoms with E-state index in [1.54, 1.807) is 17.3 Å². The summed E-state index contributed by atoms with van der Waals surface area (Å²) in [4.78, 5) is 18.8. The second-order valence-corrected chi connectivity index (χ2v) is 7.19. The lowest BCUT2D eigenvalue weighted by molar-refractivity contribution is 0.0769. The normalized spacial score (nSPS) is 10.5. The maximum absolute atomic E-state index is 12.6. The fourth-order valence-corrected chi connectivity index (χ4v) is 3.47. The topological polar surface area (TPSA) is 51.7 Å². The van der Waals surface area contributed by atoms with Crippen molar-refractivity contribution in [2.75, 3.05) is 26.8 Å². The number of carbonyl (C=O) groups is 1. The lowest BCUT2D eigenvalue weighted by Gasteiger charge is -2.17. The summed E-state index contributed by atoms with van der Waals surface area (Å²) in [6, 6.07) is 15.6. The van der Waals surface area contributed by atoms with Crippen molar-refractivity contribution in [3.63, 3.8) is 0 Å². The molecule has 0 saturated heterocycles. The fraction of sp³-hybridized carbons (Fsp3) is 0.273. The van der Waals surface area contributed by atoms with Crippen LogP contribution in [0.3, 0.4) is 0 Å². The van der Waals surface area contributed by atoms with Crippen molar-refractivity contribution in [1.29, 1.82) is 0 Å². The molecule has 5 nitrogen and oxygen atoms in total. The molecule has 146 valence electrons. The fourth-order valence-electron chi connectivity index (χ4n) is 2.67. The van der Waals surface area contributed by atoms with E-state index in [0.717, 1.165) is 27.6 Å². The highest BCUT2D eigenvalue weighted by molar-refractivity contribution is 7.13. The monoisotopic (exact) mass is 396 g/mol. The molecule has 0 radical (unpaired) electrons. The number of aromatic nitrogens is 1. The Labute approximate surface area is 169 Å². The van der Waals surface area contributed by atoms with Gasteiger partial charge >= 0.3 is 0 Å². The van der Waals surface area contributed by atoms with E-state index in [-0.39, 0.29) is 5.91 Å². The molecule has 3 aromatic rings. The summed E-state index contributed by atoms with van der Waals surface area (Å²) >= 11 is 1.46. The third-order valence-corrected chi connectivity index (χ3v) is 5.15. The molecule has 1 aromatic heterocycles. The van der Waals surface area contributed by atoms with Crippen molar-refractivity contribution >= 4 is 17.2 Å². The zero-order chi connectivity index (χ0) is 19.9. The first kappa shape index (κ1) is 19.9. The number of thiazole rings is 1. The Balaban J connectivity index is 1.57. The summed E-state index contributed by atoms with van der Waals surface area (Å²) in [6.45, 7) is 5.51. The first-order chi connectivity index (χ1) is 13.6. The van der Waals surface area contributed by atoms with Crippen LogP contribution >= 0.6 is 11.3 Å². The molecule has 0 unspecified atom stereocenters. The molecular formula is C22H24N2O3S. The number of aryl methyl sites for hydroxylation is 1. The van der Waals surface area contributed by atoms with Gasteiger partial charge in [0.05, 0.1) is 13.2 Å². The van der Waals surface area contributed by atoms with Crippen LogP contribution in [0.1, 0.15) is 23.0 Å². The number of amides is 1. The summed E-state index contributed by atoms with van der Waals surface area (Å²) < 4.78 is 11.2. The average Bonchev–Trinajstić information content (AvgIpc) is 3.20. The van der Waals surface area contributed by atoms with Crippen LogP contribution in [0.4, 0.5) is 0 Å². The summed E-state index contributed by atoms with van der Waals surface area (Å²) in [7, 11) is 1.76. The van der Waals surface area contributed by atoms with Gasteiger partial charge in [0.15, 0.2) is 0 Å². The van der Waals surface area contributed by atoms with E-state index in [9.17, 15) is 4.79 Å². The van der Waals surface area contributed by atoms with E-state index < -0.39 is 0 Å². The Bertz CT molecular complexity index is 922. The molecule has 6 heteroatoms. The Hall–Kier alpha value is -2.86. The number of para-hydroxylation sites is 1. The van der Waals surface area contributed by atoms with E-state index in [0.29, 0.717) is 25.5 Å². The first-order valence-corrected chi connectivity index (χ1v) is 10.1. The molecule has 0 saturated carbocycles. The summed E-state index contributed by atoms with van der Waals surface area (Å²) in [5, 5.41) is 2.61. The highest BCUT2D eigenvalue weighted by Crippen LogP contribution is 2.26. The van der Waals surface area contributed by atoms with Gasteiger partial charge in [0, 0.05) is 18.0 Å². The zero-order valence-corrected chi connectivity index (χ0v) is 17.2. The van der Waals surface area contributed by atoms with Crippen molar-refractivity contribution in [2.24, 2.45) is 0 Å². The van der Waals surface area contributed by atoms with E-state index in [1.807, 2.05) is 62.4 Å². The molecule has 0 aliphatic carbocycles. The number of benzene rings is 2. The van der Waals surface area contributed by atoms with Gasteiger partial charge in [-0.1, -0.05) is 18.2 Å². The van der Waals surface area contributed by atoms with Crippen LogP contribution in [-0.2, 0) is 0 Å². The van der Waals surface area contributed by atoms with E-state index >= 15 is 0 Å². The predicted octanol–water partition coefficient (Wildman–Crippen LogP) is 4.67. The van der Waals surface area contributed by atoms with Crippen LogP contribution in [0.25, 0.3) is 10.6 Å². The second-order valence-electron chi connectivity index (χ2n) is 6.34. The van der Waals surface area contributed by atoms with Crippen molar-refractivity contribution in [3.05, 3.63) is 65.2 Å². The summed E-state index contributed by atoms with van der Waals surface area (Å²) in [5.74, 6) is 1.56. The van der Waals surface area contributed by atoms with Gasteiger partial charge < -0.3 is 14.4 Å². The SMILES string of the molecule is CCOc1ccc(-c2nc(C(=O)N(C)CCOc3ccccc3C)cs2)cc1. The number of ether oxygens (including phenoxy) is 2. The van der Waals surface area contributed by atoms with Gasteiger partial charge in [-0.25, -0.2) is 4.98 Å². The van der Waals surface area contributed by atoms with E-state index in [4.69, 9.17) is 9.47 Å². The van der Waals surface area contributed by atoms with Crippen molar-refractivity contribution in [1.82, 2.24) is 9.88 Å². The molecule has 0 N–H and O–H groups in total. The molecule has 3 rings (SSSR count). The van der Waals surface area contributed by atoms with Crippen molar-refractivity contribution < 1.29 is 14.3 Å². The van der Waals surface area contributed by atoms with Gasteiger partial charge in [0.25, 0.3) is 5.91 Å². The maximum atomic E-state index is 12.6. The number of rotatable bonds is 8. The lowest BCUT2D eigenvalue weighted by atomic mass is 10.2. The maximum Gasteiger partial charge on any atom is 0.273 e. The van der Waals surface area contributed by atoms with Crippen molar-refractivity contribution in [3.8, 4) is 22.1 Å². The summed E-state index contributed by atoms with van der Waals surface area (Å²) in [5.41, 5.74) is 2.50. The molecular weight excluding hydrogens is 372 g/mol. The van der Waals surface area contributed by atoms with Gasteiger partial charge in [-0.15, -0.1) is 11.3 Å². The van der Waals surface area contributed by atoms with Crippen LogP contribution in [0.15, 0.2) is 53.9 Å². The number of nitrogens with zero attached hydrogens (tertiary/aromatic N) is 2. The van der Waals surface area contributed by atoms with E-state index in [1.165, 1.54) is 11.3 Å². The Morgan fingerprint density at radius 1 is 1.11 bits per heavy atom. The Kier molecular flexibility index (Phi) is 6.66. The molecule has 0 fully saturated rings. The number of hydrogen-bond donors (Lipinski definition) is 0. The molecule has 28 heavy (non-hydrogen) atoms. The highest BCUT2D eigenvalue weighted by atomic mass is 32.1. The zero-order valence-electron chi connectivity index (χ0n) is 16.3. The molecule has 0 bridgehead atoms. The van der Waals surface area contributed by atoms with Crippen LogP contribution in [0, 0.1) is 6.92 Å². The van der Waals surface area contributed by atoms with Crippen LogP contribution in [0.5, 0.6) is 11.5 Å². The van der Waals surface area contributed by atoms with E-state index in [2.05, 4.69) is 4.98 Å². The van der Waals surface area contributed by atoms with Gasteiger partial charge in [0.1, 0.15) is 28.8 Å². The first-order valence-electron chi connectivity index (χ1n) is 9.21.